The maximum Gasteiger partial charge on any atom is 0.00222 e. The fourth-order valence-corrected chi connectivity index (χ4v) is 6.78. The molecule has 3 aliphatic carbocycles. The number of hydrogen-bond donors (Lipinski definition) is 3. The van der Waals surface area contributed by atoms with Gasteiger partial charge in [-0.1, -0.05) is 12.8 Å². The lowest BCUT2D eigenvalue weighted by atomic mass is 9.76. The molecule has 3 aliphatic rings. The number of hydrogen-bond acceptors (Lipinski definition) is 3. The zero-order valence-electron chi connectivity index (χ0n) is 13.2. The average Bonchev–Trinajstić information content (AvgIpc) is 2.78. The summed E-state index contributed by atoms with van der Waals surface area (Å²) >= 11 is 14.4. The molecule has 122 valence electrons. The summed E-state index contributed by atoms with van der Waals surface area (Å²) in [5.41, 5.74) is 0. The van der Waals surface area contributed by atoms with Crippen LogP contribution in [0.2, 0.25) is 0 Å². The van der Waals surface area contributed by atoms with Crippen LogP contribution in [0.4, 0.5) is 0 Å². The van der Waals surface area contributed by atoms with Crippen LogP contribution in [0.3, 0.4) is 0 Å². The van der Waals surface area contributed by atoms with Crippen LogP contribution < -0.4 is 0 Å². The minimum absolute atomic E-state index is 0.641. The van der Waals surface area contributed by atoms with Gasteiger partial charge in [-0.3, -0.25) is 0 Å². The molecule has 0 bridgehead atoms. The molecule has 0 spiro atoms. The predicted molar refractivity (Wildman–Crippen MR) is 103 cm³/mol. The number of thiol groups is 3. The summed E-state index contributed by atoms with van der Waals surface area (Å²) in [4.78, 5) is 0. The minimum atomic E-state index is 0.641. The van der Waals surface area contributed by atoms with Gasteiger partial charge in [-0.15, -0.1) is 0 Å². The van der Waals surface area contributed by atoms with Gasteiger partial charge in [0.25, 0.3) is 0 Å². The Morgan fingerprint density at radius 3 is 1.38 bits per heavy atom. The van der Waals surface area contributed by atoms with Crippen LogP contribution in [0.1, 0.15) is 70.6 Å². The van der Waals surface area contributed by atoms with E-state index in [1.54, 1.807) is 0 Å². The fourth-order valence-electron chi connectivity index (χ4n) is 5.36. The van der Waals surface area contributed by atoms with Gasteiger partial charge in [0.05, 0.1) is 0 Å². The van der Waals surface area contributed by atoms with Crippen LogP contribution in [-0.4, -0.2) is 15.7 Å². The van der Waals surface area contributed by atoms with E-state index in [9.17, 15) is 0 Å². The Labute approximate surface area is 147 Å². The molecule has 0 radical (unpaired) electrons. The van der Waals surface area contributed by atoms with Crippen molar-refractivity contribution in [3.8, 4) is 0 Å². The summed E-state index contributed by atoms with van der Waals surface area (Å²) in [6, 6.07) is 0. The molecule has 0 nitrogen and oxygen atoms in total. The van der Waals surface area contributed by atoms with E-state index in [2.05, 4.69) is 0 Å². The summed E-state index contributed by atoms with van der Waals surface area (Å²) in [6.07, 6.45) is 15.3. The van der Waals surface area contributed by atoms with Crippen molar-refractivity contribution < 1.29 is 0 Å². The van der Waals surface area contributed by atoms with E-state index in [4.69, 9.17) is 37.9 Å². The molecule has 3 fully saturated rings. The van der Waals surface area contributed by atoms with Gasteiger partial charge in [0.1, 0.15) is 0 Å². The van der Waals surface area contributed by atoms with E-state index in [0.29, 0.717) is 15.7 Å². The van der Waals surface area contributed by atoms with Crippen molar-refractivity contribution in [2.24, 2.45) is 23.7 Å². The Morgan fingerprint density at radius 2 is 0.857 bits per heavy atom. The summed E-state index contributed by atoms with van der Waals surface area (Å²) < 4.78 is 0. The van der Waals surface area contributed by atoms with Crippen LogP contribution in [0, 0.1) is 23.7 Å². The van der Waals surface area contributed by atoms with Crippen LogP contribution in [0.15, 0.2) is 0 Å². The standard InChI is InChI=1S/C18H32S3/c19-16-3-1-2-12(8-16)13-4-5-14(11-18(21)10-13)15-6-7-17(20)9-15/h12-21H,1-11H2. The molecular formula is C18H32S3. The minimum Gasteiger partial charge on any atom is -0.176 e. The Balaban J connectivity index is 1.57. The van der Waals surface area contributed by atoms with E-state index in [-0.39, 0.29) is 0 Å². The van der Waals surface area contributed by atoms with Gasteiger partial charge in [-0.25, -0.2) is 0 Å². The van der Waals surface area contributed by atoms with E-state index in [1.807, 2.05) is 0 Å². The molecule has 0 saturated heterocycles. The molecule has 0 aromatic heterocycles. The second-order valence-corrected chi connectivity index (χ2v) is 10.2. The third-order valence-corrected chi connectivity index (χ3v) is 7.88. The highest BCUT2D eigenvalue weighted by Crippen LogP contribution is 2.45. The van der Waals surface area contributed by atoms with Crippen molar-refractivity contribution in [2.45, 2.75) is 86.4 Å². The van der Waals surface area contributed by atoms with E-state index in [1.165, 1.54) is 70.6 Å². The summed E-state index contributed by atoms with van der Waals surface area (Å²) in [5, 5.41) is 1.98. The highest BCUT2D eigenvalue weighted by Gasteiger charge is 2.36. The fraction of sp³-hybridized carbons (Fsp3) is 1.00. The van der Waals surface area contributed by atoms with Gasteiger partial charge in [-0.2, -0.15) is 37.9 Å². The molecule has 7 unspecified atom stereocenters. The molecule has 0 heterocycles. The SMILES string of the molecule is SC1CCCC(C2CCC(C3CCC(S)C3)CC(S)C2)C1. The second-order valence-electron chi connectivity index (χ2n) is 8.03. The van der Waals surface area contributed by atoms with Crippen molar-refractivity contribution in [1.29, 1.82) is 0 Å². The van der Waals surface area contributed by atoms with E-state index >= 15 is 0 Å². The highest BCUT2D eigenvalue weighted by atomic mass is 32.1. The maximum absolute atomic E-state index is 4.97. The highest BCUT2D eigenvalue weighted by molar-refractivity contribution is 7.81. The molecule has 0 aromatic rings. The van der Waals surface area contributed by atoms with Gasteiger partial charge in [0, 0.05) is 15.7 Å². The van der Waals surface area contributed by atoms with Crippen LogP contribution in [0.25, 0.3) is 0 Å². The normalized spacial score (nSPS) is 49.0. The largest absolute Gasteiger partial charge is 0.176 e. The molecule has 3 heteroatoms. The lowest BCUT2D eigenvalue weighted by Crippen LogP contribution is -2.24. The summed E-state index contributed by atoms with van der Waals surface area (Å²) in [6.45, 7) is 0. The molecule has 3 saturated carbocycles. The zero-order chi connectivity index (χ0) is 14.8. The lowest BCUT2D eigenvalue weighted by molar-refractivity contribution is 0.225. The summed E-state index contributed by atoms with van der Waals surface area (Å²) in [5.74, 6) is 3.76. The molecule has 0 aliphatic heterocycles. The van der Waals surface area contributed by atoms with Crippen LogP contribution in [0.5, 0.6) is 0 Å². The Bertz CT molecular complexity index is 332. The van der Waals surface area contributed by atoms with Crippen molar-refractivity contribution >= 4 is 37.9 Å². The monoisotopic (exact) mass is 344 g/mol. The molecule has 3 rings (SSSR count). The molecule has 0 N–H and O–H groups in total. The molecule has 21 heavy (non-hydrogen) atoms. The van der Waals surface area contributed by atoms with E-state index < -0.39 is 0 Å². The maximum atomic E-state index is 4.97. The molecule has 0 aromatic carbocycles. The average molecular weight is 345 g/mol. The third-order valence-electron chi connectivity index (χ3n) is 6.52. The topological polar surface area (TPSA) is 0 Å². The van der Waals surface area contributed by atoms with Gasteiger partial charge >= 0.3 is 0 Å². The van der Waals surface area contributed by atoms with Crippen molar-refractivity contribution in [2.75, 3.05) is 0 Å². The Hall–Kier alpha value is 1.05. The lowest BCUT2D eigenvalue weighted by Gasteiger charge is -2.33. The molecule has 0 amide bonds. The van der Waals surface area contributed by atoms with Crippen LogP contribution in [-0.2, 0) is 0 Å². The quantitative estimate of drug-likeness (QED) is 0.417. The Morgan fingerprint density at radius 1 is 0.429 bits per heavy atom. The molecule has 7 atom stereocenters. The third kappa shape index (κ3) is 4.53. The first-order valence-corrected chi connectivity index (χ1v) is 10.7. The van der Waals surface area contributed by atoms with Gasteiger partial charge in [0.15, 0.2) is 0 Å². The van der Waals surface area contributed by atoms with Gasteiger partial charge in [0.2, 0.25) is 0 Å². The Kier molecular flexibility index (Phi) is 6.23. The number of rotatable bonds is 2. The second kappa shape index (κ2) is 7.75. The smallest absolute Gasteiger partial charge is 0.00222 e. The van der Waals surface area contributed by atoms with Crippen molar-refractivity contribution in [1.82, 2.24) is 0 Å². The predicted octanol–water partition coefficient (Wildman–Crippen LogP) is 5.68. The first-order chi connectivity index (χ1) is 10.1. The molecular weight excluding hydrogens is 312 g/mol. The van der Waals surface area contributed by atoms with Gasteiger partial charge < -0.3 is 0 Å². The first-order valence-electron chi connectivity index (χ1n) is 9.16. The van der Waals surface area contributed by atoms with Crippen molar-refractivity contribution in [3.05, 3.63) is 0 Å². The van der Waals surface area contributed by atoms with E-state index in [0.717, 1.165) is 23.7 Å². The summed E-state index contributed by atoms with van der Waals surface area (Å²) in [7, 11) is 0. The van der Waals surface area contributed by atoms with Gasteiger partial charge in [-0.05, 0) is 81.5 Å². The van der Waals surface area contributed by atoms with Crippen molar-refractivity contribution in [3.63, 3.8) is 0 Å². The van der Waals surface area contributed by atoms with Crippen LogP contribution >= 0.6 is 37.9 Å². The first kappa shape index (κ1) is 16.9. The zero-order valence-corrected chi connectivity index (χ0v) is 15.8.